The Kier molecular flexibility index (Phi) is 5.39. The van der Waals surface area contributed by atoms with E-state index in [1.807, 2.05) is 6.20 Å². The predicted molar refractivity (Wildman–Crippen MR) is 77.6 cm³/mol. The van der Waals surface area contributed by atoms with Crippen LogP contribution in [0.25, 0.3) is 0 Å². The number of rotatable bonds is 8. The van der Waals surface area contributed by atoms with Gasteiger partial charge in [-0.25, -0.2) is 0 Å². The van der Waals surface area contributed by atoms with Crippen LogP contribution < -0.4 is 14.8 Å². The highest BCUT2D eigenvalue weighted by Gasteiger charge is 2.10. The summed E-state index contributed by atoms with van der Waals surface area (Å²) >= 11 is 0. The zero-order valence-corrected chi connectivity index (χ0v) is 12.2. The summed E-state index contributed by atoms with van der Waals surface area (Å²) in [7, 11) is 3.04. The zero-order valence-electron chi connectivity index (χ0n) is 12.2. The van der Waals surface area contributed by atoms with E-state index in [9.17, 15) is 5.11 Å². The van der Waals surface area contributed by atoms with Gasteiger partial charge in [-0.15, -0.1) is 5.10 Å². The van der Waals surface area contributed by atoms with Crippen LogP contribution in [0.3, 0.4) is 0 Å². The van der Waals surface area contributed by atoms with Crippen LogP contribution in [0.1, 0.15) is 12.0 Å². The number of benzene rings is 1. The molecule has 2 rings (SSSR count). The first-order valence-electron chi connectivity index (χ1n) is 6.73. The number of phenolic OH excluding ortho intramolecular Hbond substituents is 1. The van der Waals surface area contributed by atoms with Crippen molar-refractivity contribution in [2.75, 3.05) is 20.8 Å². The van der Waals surface area contributed by atoms with Crippen LogP contribution in [-0.4, -0.2) is 40.9 Å². The molecule has 0 saturated carbocycles. The number of hydrogen-bond donors (Lipinski definition) is 2. The molecule has 0 aliphatic carbocycles. The molecule has 7 heteroatoms. The minimum Gasteiger partial charge on any atom is -0.502 e. The second kappa shape index (κ2) is 7.49. The van der Waals surface area contributed by atoms with Gasteiger partial charge in [-0.1, -0.05) is 5.21 Å². The van der Waals surface area contributed by atoms with Crippen molar-refractivity contribution in [1.29, 1.82) is 0 Å². The van der Waals surface area contributed by atoms with Crippen molar-refractivity contribution < 1.29 is 14.6 Å². The lowest BCUT2D eigenvalue weighted by atomic mass is 10.2. The molecule has 21 heavy (non-hydrogen) atoms. The van der Waals surface area contributed by atoms with Crippen molar-refractivity contribution in [3.63, 3.8) is 0 Å². The van der Waals surface area contributed by atoms with Crippen LogP contribution in [0.15, 0.2) is 24.5 Å². The van der Waals surface area contributed by atoms with E-state index in [-0.39, 0.29) is 5.75 Å². The van der Waals surface area contributed by atoms with Crippen molar-refractivity contribution in [3.05, 3.63) is 30.1 Å². The molecular weight excluding hydrogens is 272 g/mol. The van der Waals surface area contributed by atoms with E-state index in [0.29, 0.717) is 18.0 Å². The Bertz CT molecular complexity index is 532. The largest absolute Gasteiger partial charge is 0.502 e. The lowest BCUT2D eigenvalue weighted by Gasteiger charge is -2.12. The fraction of sp³-hybridized carbons (Fsp3) is 0.429. The summed E-state index contributed by atoms with van der Waals surface area (Å²) in [5.41, 5.74) is 0.988. The number of aromatic nitrogens is 3. The predicted octanol–water partition coefficient (Wildman–Crippen LogP) is 1.18. The minimum absolute atomic E-state index is 0.0231. The Balaban J connectivity index is 1.82. The first kappa shape index (κ1) is 15.1. The highest BCUT2D eigenvalue weighted by Crippen LogP contribution is 2.36. The lowest BCUT2D eigenvalue weighted by Crippen LogP contribution is -2.16. The summed E-state index contributed by atoms with van der Waals surface area (Å²) in [5.74, 6) is 0.845. The topological polar surface area (TPSA) is 81.4 Å². The molecule has 0 radical (unpaired) electrons. The van der Waals surface area contributed by atoms with Crippen LogP contribution >= 0.6 is 0 Å². The van der Waals surface area contributed by atoms with Gasteiger partial charge >= 0.3 is 0 Å². The SMILES string of the molecule is COc1cc(CNCCCn2ccnn2)cc(OC)c1O. The van der Waals surface area contributed by atoms with Crippen molar-refractivity contribution >= 4 is 0 Å². The molecule has 114 valence electrons. The summed E-state index contributed by atoms with van der Waals surface area (Å²) in [6.07, 6.45) is 4.47. The molecule has 0 unspecified atom stereocenters. The molecular formula is C14H20N4O3. The van der Waals surface area contributed by atoms with Gasteiger partial charge < -0.3 is 19.9 Å². The van der Waals surface area contributed by atoms with Crippen LogP contribution in [0.4, 0.5) is 0 Å². The van der Waals surface area contributed by atoms with E-state index >= 15 is 0 Å². The van der Waals surface area contributed by atoms with Crippen molar-refractivity contribution in [1.82, 2.24) is 20.3 Å². The van der Waals surface area contributed by atoms with Gasteiger partial charge in [0.15, 0.2) is 11.5 Å². The number of methoxy groups -OCH3 is 2. The molecule has 1 aromatic carbocycles. The summed E-state index contributed by atoms with van der Waals surface area (Å²) in [4.78, 5) is 0. The molecule has 2 N–H and O–H groups in total. The molecule has 0 atom stereocenters. The average Bonchev–Trinajstić information content (AvgIpc) is 3.01. The summed E-state index contributed by atoms with van der Waals surface area (Å²) in [5, 5.41) is 20.8. The van der Waals surface area contributed by atoms with Gasteiger partial charge in [0.1, 0.15) is 0 Å². The maximum atomic E-state index is 9.84. The van der Waals surface area contributed by atoms with E-state index in [0.717, 1.165) is 25.1 Å². The summed E-state index contributed by atoms with van der Waals surface area (Å²) in [6, 6.07) is 3.59. The number of ether oxygens (including phenoxy) is 2. The van der Waals surface area contributed by atoms with Gasteiger partial charge in [-0.05, 0) is 30.7 Å². The van der Waals surface area contributed by atoms with Crippen molar-refractivity contribution in [2.24, 2.45) is 0 Å². The highest BCUT2D eigenvalue weighted by molar-refractivity contribution is 5.52. The van der Waals surface area contributed by atoms with E-state index in [4.69, 9.17) is 9.47 Å². The first-order valence-corrected chi connectivity index (χ1v) is 6.73. The summed E-state index contributed by atoms with van der Waals surface area (Å²) in [6.45, 7) is 2.35. The van der Waals surface area contributed by atoms with Gasteiger partial charge in [0.05, 0.1) is 20.4 Å². The van der Waals surface area contributed by atoms with Crippen LogP contribution in [0.2, 0.25) is 0 Å². The van der Waals surface area contributed by atoms with Gasteiger partial charge in [0, 0.05) is 19.3 Å². The number of hydrogen-bond acceptors (Lipinski definition) is 6. The fourth-order valence-electron chi connectivity index (χ4n) is 2.00. The number of nitrogens with zero attached hydrogens (tertiary/aromatic N) is 3. The third-order valence-corrected chi connectivity index (χ3v) is 3.08. The Labute approximate surface area is 123 Å². The Morgan fingerprint density at radius 2 is 1.95 bits per heavy atom. The molecule has 0 spiro atoms. The Hall–Kier alpha value is -2.28. The molecule has 1 heterocycles. The number of phenols is 1. The van der Waals surface area contributed by atoms with Crippen LogP contribution in [0, 0.1) is 0 Å². The third-order valence-electron chi connectivity index (χ3n) is 3.08. The molecule has 2 aromatic rings. The van der Waals surface area contributed by atoms with Gasteiger partial charge in [-0.3, -0.25) is 4.68 Å². The van der Waals surface area contributed by atoms with E-state index in [1.54, 1.807) is 23.0 Å². The normalized spacial score (nSPS) is 10.6. The Morgan fingerprint density at radius 3 is 2.52 bits per heavy atom. The standard InChI is InChI=1S/C14H20N4O3/c1-20-12-8-11(9-13(21-2)14(12)19)10-15-4-3-6-18-7-5-16-17-18/h5,7-9,15,19H,3-4,6,10H2,1-2H3. The van der Waals surface area contributed by atoms with Gasteiger partial charge in [-0.2, -0.15) is 0 Å². The summed E-state index contributed by atoms with van der Waals surface area (Å²) < 4.78 is 12.1. The van der Waals surface area contributed by atoms with Gasteiger partial charge in [0.25, 0.3) is 0 Å². The third kappa shape index (κ3) is 4.09. The van der Waals surface area contributed by atoms with E-state index in [1.165, 1.54) is 14.2 Å². The molecule has 7 nitrogen and oxygen atoms in total. The second-order valence-corrected chi connectivity index (χ2v) is 4.55. The first-order chi connectivity index (χ1) is 10.2. The highest BCUT2D eigenvalue weighted by atomic mass is 16.5. The number of aromatic hydroxyl groups is 1. The number of nitrogens with one attached hydrogen (secondary N) is 1. The molecule has 0 fully saturated rings. The second-order valence-electron chi connectivity index (χ2n) is 4.55. The fourth-order valence-corrected chi connectivity index (χ4v) is 2.00. The molecule has 0 aliphatic heterocycles. The van der Waals surface area contributed by atoms with Crippen LogP contribution in [0.5, 0.6) is 17.2 Å². The van der Waals surface area contributed by atoms with E-state index in [2.05, 4.69) is 15.6 Å². The van der Waals surface area contributed by atoms with Crippen LogP contribution in [-0.2, 0) is 13.1 Å². The van der Waals surface area contributed by atoms with Crippen molar-refractivity contribution in [2.45, 2.75) is 19.5 Å². The molecule has 0 amide bonds. The molecule has 0 bridgehead atoms. The maximum absolute atomic E-state index is 9.84. The molecule has 1 aromatic heterocycles. The quantitative estimate of drug-likeness (QED) is 0.711. The lowest BCUT2D eigenvalue weighted by molar-refractivity contribution is 0.339. The number of aryl methyl sites for hydroxylation is 1. The zero-order chi connectivity index (χ0) is 15.1. The smallest absolute Gasteiger partial charge is 0.200 e. The minimum atomic E-state index is 0.0231. The van der Waals surface area contributed by atoms with Gasteiger partial charge in [0.2, 0.25) is 5.75 Å². The average molecular weight is 292 g/mol. The molecule has 0 saturated heterocycles. The maximum Gasteiger partial charge on any atom is 0.200 e. The molecule has 0 aliphatic rings. The van der Waals surface area contributed by atoms with Crippen molar-refractivity contribution in [3.8, 4) is 17.2 Å². The Morgan fingerprint density at radius 1 is 1.24 bits per heavy atom. The monoisotopic (exact) mass is 292 g/mol. The van der Waals surface area contributed by atoms with E-state index < -0.39 is 0 Å².